The number of rotatable bonds is 2. The van der Waals surface area contributed by atoms with Gasteiger partial charge >= 0.3 is 11.1 Å². The Labute approximate surface area is 114 Å². The van der Waals surface area contributed by atoms with E-state index in [1.807, 2.05) is 0 Å². The number of H-pyrrole nitrogens is 2. The molecule has 2 aromatic rings. The predicted octanol–water partition coefficient (Wildman–Crippen LogP) is 0.000900. The molecule has 0 amide bonds. The molecule has 1 aliphatic rings. The molecule has 1 fully saturated rings. The molecule has 7 nitrogen and oxygen atoms in total. The number of benzene rings is 1. The zero-order chi connectivity index (χ0) is 14.3. The Hall–Kier alpha value is -1.93. The maximum atomic E-state index is 12.4. The predicted molar refractivity (Wildman–Crippen MR) is 73.2 cm³/mol. The molecule has 1 aliphatic heterocycles. The third-order valence-corrected chi connectivity index (χ3v) is 5.29. The lowest BCUT2D eigenvalue weighted by atomic mass is 10.3. The number of hydrogen-bond donors (Lipinski definition) is 2. The van der Waals surface area contributed by atoms with Gasteiger partial charge in [0.1, 0.15) is 0 Å². The van der Waals surface area contributed by atoms with Gasteiger partial charge in [0.2, 0.25) is 10.0 Å². The largest absolute Gasteiger partial charge is 0.316 e. The summed E-state index contributed by atoms with van der Waals surface area (Å²) >= 11 is 0. The van der Waals surface area contributed by atoms with E-state index in [2.05, 4.69) is 9.97 Å². The Morgan fingerprint density at radius 1 is 0.950 bits per heavy atom. The van der Waals surface area contributed by atoms with Crippen LogP contribution in [0.25, 0.3) is 11.0 Å². The van der Waals surface area contributed by atoms with Crippen molar-refractivity contribution in [2.24, 2.45) is 0 Å². The smallest absolute Gasteiger partial charge is 0.314 e. The quantitative estimate of drug-likeness (QED) is 0.761. The molecular weight excluding hydrogens is 282 g/mol. The van der Waals surface area contributed by atoms with Crippen LogP contribution in [0.5, 0.6) is 0 Å². The van der Waals surface area contributed by atoms with Crippen molar-refractivity contribution in [3.05, 3.63) is 38.9 Å². The first-order valence-corrected chi connectivity index (χ1v) is 7.69. The van der Waals surface area contributed by atoms with Gasteiger partial charge in [-0.2, -0.15) is 4.31 Å². The Balaban J connectivity index is 2.15. The molecule has 0 atom stereocenters. The fourth-order valence-corrected chi connectivity index (χ4v) is 3.88. The van der Waals surface area contributed by atoms with E-state index >= 15 is 0 Å². The van der Waals surface area contributed by atoms with Crippen LogP contribution in [-0.4, -0.2) is 35.8 Å². The summed E-state index contributed by atoms with van der Waals surface area (Å²) in [5.41, 5.74) is -0.856. The summed E-state index contributed by atoms with van der Waals surface area (Å²) in [6.45, 7) is 1.03. The van der Waals surface area contributed by atoms with Crippen LogP contribution in [0.1, 0.15) is 12.8 Å². The number of nitrogens with zero attached hydrogens (tertiary/aromatic N) is 1. The lowest BCUT2D eigenvalue weighted by Gasteiger charge is -2.15. The highest BCUT2D eigenvalue weighted by Crippen LogP contribution is 2.22. The Morgan fingerprint density at radius 2 is 1.55 bits per heavy atom. The Kier molecular flexibility index (Phi) is 2.98. The molecule has 0 bridgehead atoms. The number of aromatic amines is 2. The zero-order valence-corrected chi connectivity index (χ0v) is 11.4. The second-order valence-corrected chi connectivity index (χ2v) is 6.66. The number of fused-ring (bicyclic) bond motifs is 1. The summed E-state index contributed by atoms with van der Waals surface area (Å²) in [6.07, 6.45) is 1.72. The molecule has 1 saturated heterocycles. The normalized spacial score (nSPS) is 16.8. The summed E-state index contributed by atoms with van der Waals surface area (Å²) in [4.78, 5) is 27.4. The first kappa shape index (κ1) is 13.1. The molecule has 2 heterocycles. The van der Waals surface area contributed by atoms with Crippen LogP contribution >= 0.6 is 0 Å². The molecule has 0 radical (unpaired) electrons. The van der Waals surface area contributed by atoms with Crippen LogP contribution in [0.3, 0.4) is 0 Å². The lowest BCUT2D eigenvalue weighted by Crippen LogP contribution is -2.30. The molecule has 20 heavy (non-hydrogen) atoms. The van der Waals surface area contributed by atoms with E-state index in [1.54, 1.807) is 0 Å². The van der Waals surface area contributed by atoms with E-state index < -0.39 is 21.1 Å². The third kappa shape index (κ3) is 2.06. The van der Waals surface area contributed by atoms with Crippen molar-refractivity contribution in [1.29, 1.82) is 0 Å². The van der Waals surface area contributed by atoms with E-state index in [0.717, 1.165) is 12.8 Å². The average molecular weight is 295 g/mol. The van der Waals surface area contributed by atoms with Gasteiger partial charge in [0.05, 0.1) is 15.9 Å². The molecule has 0 unspecified atom stereocenters. The van der Waals surface area contributed by atoms with Crippen LogP contribution in [-0.2, 0) is 10.0 Å². The lowest BCUT2D eigenvalue weighted by molar-refractivity contribution is 0.477. The molecule has 0 aliphatic carbocycles. The van der Waals surface area contributed by atoms with Gasteiger partial charge in [-0.25, -0.2) is 8.42 Å². The highest BCUT2D eigenvalue weighted by atomic mass is 32.2. The van der Waals surface area contributed by atoms with Crippen molar-refractivity contribution < 1.29 is 8.42 Å². The van der Waals surface area contributed by atoms with E-state index in [0.29, 0.717) is 24.1 Å². The van der Waals surface area contributed by atoms with Crippen molar-refractivity contribution in [1.82, 2.24) is 14.3 Å². The van der Waals surface area contributed by atoms with E-state index in [9.17, 15) is 18.0 Å². The number of sulfonamides is 1. The summed E-state index contributed by atoms with van der Waals surface area (Å²) in [6, 6.07) is 4.29. The van der Waals surface area contributed by atoms with Gasteiger partial charge in [-0.15, -0.1) is 0 Å². The summed E-state index contributed by atoms with van der Waals surface area (Å²) in [7, 11) is -3.53. The van der Waals surface area contributed by atoms with Gasteiger partial charge in [-0.05, 0) is 31.0 Å². The standard InChI is InChI=1S/C12H13N3O4S/c16-11-12(17)14-10-7-8(3-4-9(10)13-11)20(18,19)15-5-1-2-6-15/h3-4,7H,1-2,5-6H2,(H,13,16)(H,14,17). The average Bonchev–Trinajstić information content (AvgIpc) is 2.94. The van der Waals surface area contributed by atoms with Gasteiger partial charge in [-0.1, -0.05) is 0 Å². The van der Waals surface area contributed by atoms with Crippen LogP contribution in [0.15, 0.2) is 32.7 Å². The van der Waals surface area contributed by atoms with E-state index in [1.165, 1.54) is 22.5 Å². The minimum absolute atomic E-state index is 0.120. The molecule has 8 heteroatoms. The molecule has 3 rings (SSSR count). The molecule has 0 saturated carbocycles. The first-order valence-electron chi connectivity index (χ1n) is 6.25. The fourth-order valence-electron chi connectivity index (χ4n) is 2.33. The van der Waals surface area contributed by atoms with Crippen molar-refractivity contribution in [3.8, 4) is 0 Å². The van der Waals surface area contributed by atoms with Crippen molar-refractivity contribution in [2.75, 3.05) is 13.1 Å². The molecule has 106 valence electrons. The number of aromatic nitrogens is 2. The van der Waals surface area contributed by atoms with Crippen LogP contribution in [0.2, 0.25) is 0 Å². The SMILES string of the molecule is O=c1[nH]c2ccc(S(=O)(=O)N3CCCC3)cc2[nH]c1=O. The molecule has 0 spiro atoms. The fraction of sp³-hybridized carbons (Fsp3) is 0.333. The Bertz CT molecular complexity index is 875. The van der Waals surface area contributed by atoms with Gasteiger partial charge in [0.25, 0.3) is 0 Å². The molecule has 2 N–H and O–H groups in total. The molecular formula is C12H13N3O4S. The van der Waals surface area contributed by atoms with Crippen molar-refractivity contribution in [3.63, 3.8) is 0 Å². The van der Waals surface area contributed by atoms with Crippen molar-refractivity contribution >= 4 is 21.1 Å². The monoisotopic (exact) mass is 295 g/mol. The Morgan fingerprint density at radius 3 is 2.20 bits per heavy atom. The van der Waals surface area contributed by atoms with Gasteiger partial charge in [0.15, 0.2) is 0 Å². The minimum atomic E-state index is -3.53. The highest BCUT2D eigenvalue weighted by Gasteiger charge is 2.27. The molecule has 1 aromatic heterocycles. The van der Waals surface area contributed by atoms with E-state index in [-0.39, 0.29) is 4.90 Å². The van der Waals surface area contributed by atoms with Crippen molar-refractivity contribution in [2.45, 2.75) is 17.7 Å². The maximum Gasteiger partial charge on any atom is 0.314 e. The van der Waals surface area contributed by atoms with Gasteiger partial charge < -0.3 is 9.97 Å². The topological polar surface area (TPSA) is 103 Å². The highest BCUT2D eigenvalue weighted by molar-refractivity contribution is 7.89. The minimum Gasteiger partial charge on any atom is -0.316 e. The number of nitrogens with one attached hydrogen (secondary N) is 2. The third-order valence-electron chi connectivity index (χ3n) is 3.40. The van der Waals surface area contributed by atoms with Gasteiger partial charge in [-0.3, -0.25) is 9.59 Å². The van der Waals surface area contributed by atoms with Crippen LogP contribution in [0, 0.1) is 0 Å². The van der Waals surface area contributed by atoms with Gasteiger partial charge in [0, 0.05) is 13.1 Å². The maximum absolute atomic E-state index is 12.4. The van der Waals surface area contributed by atoms with E-state index in [4.69, 9.17) is 0 Å². The van der Waals surface area contributed by atoms with Crippen LogP contribution < -0.4 is 11.1 Å². The van der Waals surface area contributed by atoms with Crippen LogP contribution in [0.4, 0.5) is 0 Å². The zero-order valence-electron chi connectivity index (χ0n) is 10.5. The number of hydrogen-bond acceptors (Lipinski definition) is 4. The second-order valence-electron chi connectivity index (χ2n) is 4.73. The second kappa shape index (κ2) is 4.57. The first-order chi connectivity index (χ1) is 9.48. The molecule has 1 aromatic carbocycles. The summed E-state index contributed by atoms with van der Waals surface area (Å²) in [5, 5.41) is 0. The summed E-state index contributed by atoms with van der Waals surface area (Å²) in [5.74, 6) is 0. The summed E-state index contributed by atoms with van der Waals surface area (Å²) < 4.78 is 26.2.